The van der Waals surface area contributed by atoms with E-state index in [2.05, 4.69) is 18.7 Å². The highest BCUT2D eigenvalue weighted by molar-refractivity contribution is 5.68. The molecule has 4 unspecified atom stereocenters. The molecule has 0 bridgehead atoms. The van der Waals surface area contributed by atoms with Crippen LogP contribution < -0.4 is 0 Å². The van der Waals surface area contributed by atoms with Gasteiger partial charge in [-0.2, -0.15) is 0 Å². The SMILES string of the molecule is CCC(OC)C(C)C(OC(=O)N1CCN(C)CC1)C(O)CCC(C)C. The molecule has 6 heteroatoms. The molecule has 0 saturated carbocycles. The van der Waals surface area contributed by atoms with Crippen LogP contribution in [0.1, 0.15) is 47.0 Å². The zero-order chi connectivity index (χ0) is 19.0. The minimum absolute atomic E-state index is 0.0426. The fourth-order valence-electron chi connectivity index (χ4n) is 3.35. The van der Waals surface area contributed by atoms with Crippen LogP contribution in [0.2, 0.25) is 0 Å². The number of hydrogen-bond donors (Lipinski definition) is 1. The minimum atomic E-state index is -0.669. The Kier molecular flexibility index (Phi) is 9.75. The Morgan fingerprint density at radius 1 is 1.12 bits per heavy atom. The third kappa shape index (κ3) is 7.12. The maximum absolute atomic E-state index is 12.6. The van der Waals surface area contributed by atoms with E-state index in [-0.39, 0.29) is 18.1 Å². The summed E-state index contributed by atoms with van der Waals surface area (Å²) in [7, 11) is 3.72. The lowest BCUT2D eigenvalue weighted by Gasteiger charge is -2.36. The number of aliphatic hydroxyl groups excluding tert-OH is 1. The molecule has 1 amide bonds. The van der Waals surface area contributed by atoms with Gasteiger partial charge in [0.1, 0.15) is 6.10 Å². The van der Waals surface area contributed by atoms with E-state index >= 15 is 0 Å². The van der Waals surface area contributed by atoms with Crippen LogP contribution in [-0.2, 0) is 9.47 Å². The summed E-state index contributed by atoms with van der Waals surface area (Å²) in [5.41, 5.74) is 0. The molecule has 1 fully saturated rings. The first-order valence-electron chi connectivity index (χ1n) is 9.65. The van der Waals surface area contributed by atoms with Crippen molar-refractivity contribution in [1.82, 2.24) is 9.80 Å². The summed E-state index contributed by atoms with van der Waals surface area (Å²) >= 11 is 0. The second kappa shape index (κ2) is 11.0. The van der Waals surface area contributed by atoms with Crippen molar-refractivity contribution in [2.24, 2.45) is 11.8 Å². The highest BCUT2D eigenvalue weighted by Crippen LogP contribution is 2.24. The van der Waals surface area contributed by atoms with Crippen molar-refractivity contribution in [2.75, 3.05) is 40.3 Å². The third-order valence-electron chi connectivity index (χ3n) is 5.23. The molecule has 0 aromatic heterocycles. The Labute approximate surface area is 153 Å². The molecule has 0 aliphatic carbocycles. The first-order chi connectivity index (χ1) is 11.8. The van der Waals surface area contributed by atoms with E-state index in [0.717, 1.165) is 25.9 Å². The normalized spacial score (nSPS) is 21.0. The van der Waals surface area contributed by atoms with Crippen molar-refractivity contribution in [3.8, 4) is 0 Å². The number of amides is 1. The van der Waals surface area contributed by atoms with Crippen molar-refractivity contribution in [2.45, 2.75) is 65.3 Å². The van der Waals surface area contributed by atoms with E-state index < -0.39 is 12.2 Å². The predicted molar refractivity (Wildman–Crippen MR) is 99.7 cm³/mol. The average molecular weight is 359 g/mol. The van der Waals surface area contributed by atoms with Crippen molar-refractivity contribution < 1.29 is 19.4 Å². The number of aliphatic hydroxyl groups is 1. The minimum Gasteiger partial charge on any atom is -0.443 e. The maximum atomic E-state index is 12.6. The first-order valence-corrected chi connectivity index (χ1v) is 9.65. The van der Waals surface area contributed by atoms with Gasteiger partial charge in [-0.1, -0.05) is 27.7 Å². The molecule has 0 aromatic carbocycles. The highest BCUT2D eigenvalue weighted by atomic mass is 16.6. The van der Waals surface area contributed by atoms with Crippen LogP contribution in [0.5, 0.6) is 0 Å². The third-order valence-corrected chi connectivity index (χ3v) is 5.23. The Bertz CT molecular complexity index is 380. The van der Waals surface area contributed by atoms with E-state index in [1.807, 2.05) is 20.9 Å². The molecule has 1 aliphatic rings. The molecule has 1 N–H and O–H groups in total. The summed E-state index contributed by atoms with van der Waals surface area (Å²) in [6.45, 7) is 11.3. The number of carbonyl (C=O) groups excluding carboxylic acids is 1. The van der Waals surface area contributed by atoms with Crippen LogP contribution in [-0.4, -0.2) is 79.6 Å². The zero-order valence-electron chi connectivity index (χ0n) is 16.9. The van der Waals surface area contributed by atoms with Gasteiger partial charge in [-0.15, -0.1) is 0 Å². The smallest absolute Gasteiger partial charge is 0.410 e. The summed E-state index contributed by atoms with van der Waals surface area (Å²) < 4.78 is 11.3. The lowest BCUT2D eigenvalue weighted by atomic mass is 9.89. The molecule has 1 saturated heterocycles. The molecule has 148 valence electrons. The molecule has 0 spiro atoms. The topological polar surface area (TPSA) is 62.2 Å². The van der Waals surface area contributed by atoms with Crippen LogP contribution in [0.15, 0.2) is 0 Å². The van der Waals surface area contributed by atoms with E-state index in [0.29, 0.717) is 25.4 Å². The van der Waals surface area contributed by atoms with Crippen molar-refractivity contribution in [3.63, 3.8) is 0 Å². The highest BCUT2D eigenvalue weighted by Gasteiger charge is 2.35. The quantitative estimate of drug-likeness (QED) is 0.686. The first kappa shape index (κ1) is 22.2. The molecule has 4 atom stereocenters. The predicted octanol–water partition coefficient (Wildman–Crippen LogP) is 2.60. The number of carbonyl (C=O) groups is 1. The van der Waals surface area contributed by atoms with E-state index in [9.17, 15) is 9.90 Å². The van der Waals surface area contributed by atoms with E-state index in [1.54, 1.807) is 12.0 Å². The van der Waals surface area contributed by atoms with Gasteiger partial charge in [-0.05, 0) is 32.2 Å². The lowest BCUT2D eigenvalue weighted by molar-refractivity contribution is -0.0807. The Morgan fingerprint density at radius 2 is 1.72 bits per heavy atom. The van der Waals surface area contributed by atoms with Gasteiger partial charge < -0.3 is 24.4 Å². The monoisotopic (exact) mass is 358 g/mol. The van der Waals surface area contributed by atoms with Crippen LogP contribution in [0.25, 0.3) is 0 Å². The van der Waals surface area contributed by atoms with Gasteiger partial charge >= 0.3 is 6.09 Å². The van der Waals surface area contributed by atoms with Gasteiger partial charge in [-0.25, -0.2) is 4.79 Å². The molecular formula is C19H38N2O4. The molecule has 6 nitrogen and oxygen atoms in total. The second-order valence-electron chi connectivity index (χ2n) is 7.72. The molecule has 1 rings (SSSR count). The van der Waals surface area contributed by atoms with Crippen LogP contribution in [0.4, 0.5) is 4.79 Å². The number of ether oxygens (including phenoxy) is 2. The Morgan fingerprint density at radius 3 is 2.20 bits per heavy atom. The standard InChI is InChI=1S/C19H38N2O4/c1-7-17(24-6)15(4)18(16(22)9-8-14(2)3)25-19(23)21-12-10-20(5)11-13-21/h14-18,22H,7-13H2,1-6H3. The van der Waals surface area contributed by atoms with Crippen molar-refractivity contribution in [3.05, 3.63) is 0 Å². The second-order valence-corrected chi connectivity index (χ2v) is 7.72. The molecule has 0 radical (unpaired) electrons. The van der Waals surface area contributed by atoms with Crippen LogP contribution >= 0.6 is 0 Å². The molecule has 25 heavy (non-hydrogen) atoms. The van der Waals surface area contributed by atoms with Crippen molar-refractivity contribution in [1.29, 1.82) is 0 Å². The van der Waals surface area contributed by atoms with Gasteiger partial charge in [0.2, 0.25) is 0 Å². The Balaban J connectivity index is 2.76. The summed E-state index contributed by atoms with van der Waals surface area (Å²) in [4.78, 5) is 16.5. The number of piperazine rings is 1. The lowest BCUT2D eigenvalue weighted by Crippen LogP contribution is -2.50. The van der Waals surface area contributed by atoms with E-state index in [4.69, 9.17) is 9.47 Å². The van der Waals surface area contributed by atoms with Gasteiger partial charge in [0.05, 0.1) is 12.2 Å². The summed E-state index contributed by atoms with van der Waals surface area (Å²) in [5.74, 6) is 0.442. The fraction of sp³-hybridized carbons (Fsp3) is 0.947. The number of likely N-dealkylation sites (N-methyl/N-ethyl adjacent to an activating group) is 1. The number of hydrogen-bond acceptors (Lipinski definition) is 5. The molecule has 0 aromatic rings. The number of rotatable bonds is 9. The molecule has 1 aliphatic heterocycles. The Hall–Kier alpha value is -0.850. The van der Waals surface area contributed by atoms with Crippen LogP contribution in [0.3, 0.4) is 0 Å². The summed E-state index contributed by atoms with van der Waals surface area (Å²) in [6.07, 6.45) is 0.771. The van der Waals surface area contributed by atoms with Gasteiger partial charge in [0.25, 0.3) is 0 Å². The van der Waals surface area contributed by atoms with Gasteiger partial charge in [0, 0.05) is 39.2 Å². The molecular weight excluding hydrogens is 320 g/mol. The summed E-state index contributed by atoms with van der Waals surface area (Å²) in [6, 6.07) is 0. The van der Waals surface area contributed by atoms with Gasteiger partial charge in [-0.3, -0.25) is 0 Å². The number of nitrogens with zero attached hydrogens (tertiary/aromatic N) is 2. The maximum Gasteiger partial charge on any atom is 0.410 e. The average Bonchev–Trinajstić information content (AvgIpc) is 2.58. The van der Waals surface area contributed by atoms with E-state index in [1.165, 1.54) is 0 Å². The largest absolute Gasteiger partial charge is 0.443 e. The summed E-state index contributed by atoms with van der Waals surface area (Å²) in [5, 5.41) is 10.7. The van der Waals surface area contributed by atoms with Crippen molar-refractivity contribution >= 4 is 6.09 Å². The van der Waals surface area contributed by atoms with Crippen LogP contribution in [0, 0.1) is 11.8 Å². The number of methoxy groups -OCH3 is 1. The zero-order valence-corrected chi connectivity index (χ0v) is 16.9. The van der Waals surface area contributed by atoms with Gasteiger partial charge in [0.15, 0.2) is 0 Å². The molecule has 1 heterocycles. The fourth-order valence-corrected chi connectivity index (χ4v) is 3.35.